The van der Waals surface area contributed by atoms with E-state index in [0.29, 0.717) is 6.42 Å². The number of rotatable bonds is 4. The molecule has 0 aliphatic carbocycles. The molecule has 1 aliphatic rings. The largest absolute Gasteiger partial charge is 0.316 e. The van der Waals surface area contributed by atoms with E-state index in [4.69, 9.17) is 0 Å². The number of alkyl halides is 1. The Balaban J connectivity index is 1.88. The molecule has 17 heavy (non-hydrogen) atoms. The summed E-state index contributed by atoms with van der Waals surface area (Å²) in [6, 6.07) is 10.2. The van der Waals surface area contributed by atoms with Crippen LogP contribution in [0.3, 0.4) is 0 Å². The molecule has 1 N–H and O–H groups in total. The third kappa shape index (κ3) is 3.53. The van der Waals surface area contributed by atoms with Crippen molar-refractivity contribution in [1.82, 2.24) is 5.32 Å². The molecule has 1 aliphatic heterocycles. The maximum absolute atomic E-state index is 14.6. The molecule has 1 aromatic carbocycles. The zero-order valence-corrected chi connectivity index (χ0v) is 10.6. The Hall–Kier alpha value is -0.890. The Labute approximate surface area is 103 Å². The summed E-state index contributed by atoms with van der Waals surface area (Å²) in [6.45, 7) is 3.65. The predicted octanol–water partition coefficient (Wildman–Crippen LogP) is 3.35. The zero-order valence-electron chi connectivity index (χ0n) is 10.6. The lowest BCUT2D eigenvalue weighted by Gasteiger charge is -2.34. The first-order chi connectivity index (χ1) is 8.18. The van der Waals surface area contributed by atoms with Crippen molar-refractivity contribution in [2.75, 3.05) is 13.1 Å². The van der Waals surface area contributed by atoms with Gasteiger partial charge in [-0.2, -0.15) is 0 Å². The highest BCUT2D eigenvalue weighted by Crippen LogP contribution is 2.31. The van der Waals surface area contributed by atoms with E-state index < -0.39 is 5.67 Å². The molecule has 0 saturated carbocycles. The van der Waals surface area contributed by atoms with Crippen LogP contribution < -0.4 is 5.32 Å². The molecule has 0 bridgehead atoms. The lowest BCUT2D eigenvalue weighted by atomic mass is 9.81. The van der Waals surface area contributed by atoms with Gasteiger partial charge in [-0.3, -0.25) is 0 Å². The number of hydrogen-bond donors (Lipinski definition) is 1. The van der Waals surface area contributed by atoms with Crippen LogP contribution >= 0.6 is 0 Å². The highest BCUT2D eigenvalue weighted by atomic mass is 19.1. The van der Waals surface area contributed by atoms with Crippen molar-refractivity contribution >= 4 is 0 Å². The molecule has 2 rings (SSSR count). The summed E-state index contributed by atoms with van der Waals surface area (Å²) < 4.78 is 14.6. The first kappa shape index (κ1) is 12.6. The van der Waals surface area contributed by atoms with Crippen molar-refractivity contribution in [3.05, 3.63) is 35.9 Å². The van der Waals surface area contributed by atoms with Crippen molar-refractivity contribution in [3.8, 4) is 0 Å². The predicted molar refractivity (Wildman–Crippen MR) is 69.9 cm³/mol. The number of aryl methyl sites for hydroxylation is 1. The summed E-state index contributed by atoms with van der Waals surface area (Å²) in [6.07, 6.45) is 3.60. The second kappa shape index (κ2) is 5.63. The Morgan fingerprint density at radius 3 is 2.76 bits per heavy atom. The Bertz CT molecular complexity index is 328. The molecule has 1 heterocycles. The Kier molecular flexibility index (Phi) is 4.16. The molecule has 0 aromatic heterocycles. The molecular weight excluding hydrogens is 213 g/mol. The maximum Gasteiger partial charge on any atom is 0.112 e. The highest BCUT2D eigenvalue weighted by Gasteiger charge is 2.34. The Morgan fingerprint density at radius 2 is 2.12 bits per heavy atom. The van der Waals surface area contributed by atoms with Crippen LogP contribution in [0, 0.1) is 5.92 Å². The number of benzene rings is 1. The van der Waals surface area contributed by atoms with E-state index in [9.17, 15) is 4.39 Å². The van der Waals surface area contributed by atoms with Gasteiger partial charge in [-0.15, -0.1) is 0 Å². The normalized spacial score (nSPS) is 24.2. The van der Waals surface area contributed by atoms with Crippen molar-refractivity contribution in [2.45, 2.75) is 38.3 Å². The average Bonchev–Trinajstić information content (AvgIpc) is 2.39. The van der Waals surface area contributed by atoms with E-state index in [1.807, 2.05) is 18.2 Å². The van der Waals surface area contributed by atoms with E-state index >= 15 is 0 Å². The van der Waals surface area contributed by atoms with E-state index in [-0.39, 0.29) is 5.92 Å². The van der Waals surface area contributed by atoms with Crippen molar-refractivity contribution in [1.29, 1.82) is 0 Å². The molecule has 2 atom stereocenters. The summed E-state index contributed by atoms with van der Waals surface area (Å²) in [4.78, 5) is 0. The molecule has 0 amide bonds. The van der Waals surface area contributed by atoms with Crippen LogP contribution in [-0.4, -0.2) is 18.8 Å². The summed E-state index contributed by atoms with van der Waals surface area (Å²) in [5.41, 5.74) is 0.198. The third-order valence-corrected chi connectivity index (χ3v) is 3.89. The molecular formula is C15H22FN. The second-order valence-electron chi connectivity index (χ2n) is 5.31. The summed E-state index contributed by atoms with van der Waals surface area (Å²) >= 11 is 0. The first-order valence-corrected chi connectivity index (χ1v) is 6.62. The van der Waals surface area contributed by atoms with Gasteiger partial charge >= 0.3 is 0 Å². The SMILES string of the molecule is CC(F)(CCc1ccccc1)C1CCCNC1. The molecule has 0 spiro atoms. The topological polar surface area (TPSA) is 12.0 Å². The first-order valence-electron chi connectivity index (χ1n) is 6.62. The number of halogens is 1. The summed E-state index contributed by atoms with van der Waals surface area (Å²) in [5, 5.41) is 3.30. The lowest BCUT2D eigenvalue weighted by molar-refractivity contribution is 0.0740. The third-order valence-electron chi connectivity index (χ3n) is 3.89. The van der Waals surface area contributed by atoms with Crippen LogP contribution in [0.2, 0.25) is 0 Å². The molecule has 1 nitrogen and oxygen atoms in total. The molecule has 1 aromatic rings. The summed E-state index contributed by atoms with van der Waals surface area (Å²) in [7, 11) is 0. The van der Waals surface area contributed by atoms with E-state index in [1.165, 1.54) is 5.56 Å². The second-order valence-corrected chi connectivity index (χ2v) is 5.31. The van der Waals surface area contributed by atoms with Crippen molar-refractivity contribution < 1.29 is 4.39 Å². The average molecular weight is 235 g/mol. The fraction of sp³-hybridized carbons (Fsp3) is 0.600. The smallest absolute Gasteiger partial charge is 0.112 e. The van der Waals surface area contributed by atoms with Gasteiger partial charge in [-0.1, -0.05) is 30.3 Å². The van der Waals surface area contributed by atoms with Gasteiger partial charge in [-0.05, 0) is 44.7 Å². The number of piperidine rings is 1. The standard InChI is InChI=1S/C15H22FN/c1-15(16,14-8-5-11-17-12-14)10-9-13-6-3-2-4-7-13/h2-4,6-7,14,17H,5,8-12H2,1H3. The van der Waals surface area contributed by atoms with Gasteiger partial charge in [-0.25, -0.2) is 4.39 Å². The minimum Gasteiger partial charge on any atom is -0.316 e. The Morgan fingerprint density at radius 1 is 1.35 bits per heavy atom. The van der Waals surface area contributed by atoms with Gasteiger partial charge in [0.05, 0.1) is 0 Å². The minimum absolute atomic E-state index is 0.181. The maximum atomic E-state index is 14.6. The van der Waals surface area contributed by atoms with Crippen molar-refractivity contribution in [3.63, 3.8) is 0 Å². The van der Waals surface area contributed by atoms with Gasteiger partial charge in [0.25, 0.3) is 0 Å². The minimum atomic E-state index is -1.04. The van der Waals surface area contributed by atoms with E-state index in [1.54, 1.807) is 6.92 Å². The van der Waals surface area contributed by atoms with E-state index in [2.05, 4.69) is 17.4 Å². The van der Waals surface area contributed by atoms with Crippen LogP contribution in [0.5, 0.6) is 0 Å². The van der Waals surface area contributed by atoms with Gasteiger partial charge in [0.15, 0.2) is 0 Å². The van der Waals surface area contributed by atoms with Gasteiger partial charge in [0.2, 0.25) is 0 Å². The molecule has 2 heteroatoms. The molecule has 1 fully saturated rings. The van der Waals surface area contributed by atoms with Crippen LogP contribution in [0.25, 0.3) is 0 Å². The number of nitrogens with one attached hydrogen (secondary N) is 1. The quantitative estimate of drug-likeness (QED) is 0.844. The zero-order chi connectivity index (χ0) is 12.1. The highest BCUT2D eigenvalue weighted by molar-refractivity contribution is 5.15. The van der Waals surface area contributed by atoms with Gasteiger partial charge < -0.3 is 5.32 Å². The monoisotopic (exact) mass is 235 g/mol. The van der Waals surface area contributed by atoms with Gasteiger partial charge in [0.1, 0.15) is 5.67 Å². The molecule has 0 radical (unpaired) electrons. The molecule has 2 unspecified atom stereocenters. The molecule has 94 valence electrons. The van der Waals surface area contributed by atoms with Crippen LogP contribution in [0.4, 0.5) is 4.39 Å². The molecule has 1 saturated heterocycles. The van der Waals surface area contributed by atoms with Gasteiger partial charge in [0, 0.05) is 12.5 Å². The summed E-state index contributed by atoms with van der Waals surface area (Å²) in [5.74, 6) is 0.181. The van der Waals surface area contributed by atoms with Crippen LogP contribution in [0.15, 0.2) is 30.3 Å². The van der Waals surface area contributed by atoms with E-state index in [0.717, 1.165) is 32.4 Å². The lowest BCUT2D eigenvalue weighted by Crippen LogP contribution is -2.41. The number of hydrogen-bond acceptors (Lipinski definition) is 1. The fourth-order valence-corrected chi connectivity index (χ4v) is 2.60. The van der Waals surface area contributed by atoms with Crippen molar-refractivity contribution in [2.24, 2.45) is 5.92 Å². The van der Waals surface area contributed by atoms with Crippen LogP contribution in [-0.2, 0) is 6.42 Å². The van der Waals surface area contributed by atoms with Crippen LogP contribution in [0.1, 0.15) is 31.7 Å². The fourth-order valence-electron chi connectivity index (χ4n) is 2.60.